The summed E-state index contributed by atoms with van der Waals surface area (Å²) in [5.41, 5.74) is 3.62. The van der Waals surface area contributed by atoms with Crippen molar-refractivity contribution in [3.8, 4) is 23.3 Å². The van der Waals surface area contributed by atoms with E-state index >= 15 is 0 Å². The predicted octanol–water partition coefficient (Wildman–Crippen LogP) is 4.49. The van der Waals surface area contributed by atoms with Crippen molar-refractivity contribution in [3.05, 3.63) is 65.4 Å². The monoisotopic (exact) mass is 358 g/mol. The summed E-state index contributed by atoms with van der Waals surface area (Å²) >= 11 is 0. The molecule has 5 heteroatoms. The molecule has 0 spiro atoms. The Morgan fingerprint density at radius 2 is 2.04 bits per heavy atom. The van der Waals surface area contributed by atoms with Gasteiger partial charge in [0.2, 0.25) is 0 Å². The van der Waals surface area contributed by atoms with Crippen LogP contribution in [0.25, 0.3) is 17.0 Å². The molecule has 3 aromatic rings. The van der Waals surface area contributed by atoms with Gasteiger partial charge in [0.1, 0.15) is 29.9 Å². The summed E-state index contributed by atoms with van der Waals surface area (Å²) < 4.78 is 16.8. The summed E-state index contributed by atoms with van der Waals surface area (Å²) in [6.07, 6.45) is 6.89. The van der Waals surface area contributed by atoms with Crippen LogP contribution < -0.4 is 9.47 Å². The summed E-state index contributed by atoms with van der Waals surface area (Å²) in [5.74, 6) is 1.91. The van der Waals surface area contributed by atoms with Crippen molar-refractivity contribution < 1.29 is 14.2 Å². The number of ether oxygens (including phenoxy) is 3. The van der Waals surface area contributed by atoms with E-state index in [1.165, 1.54) is 11.1 Å². The minimum atomic E-state index is 0.371. The molecule has 0 N–H and O–H groups in total. The van der Waals surface area contributed by atoms with Crippen molar-refractivity contribution in [2.75, 3.05) is 20.3 Å². The van der Waals surface area contributed by atoms with E-state index in [9.17, 15) is 5.26 Å². The van der Waals surface area contributed by atoms with Gasteiger partial charge in [-0.1, -0.05) is 18.2 Å². The van der Waals surface area contributed by atoms with Gasteiger partial charge in [0.05, 0.1) is 17.7 Å². The average molecular weight is 358 g/mol. The molecule has 27 heavy (non-hydrogen) atoms. The molecule has 0 radical (unpaired) electrons. The lowest BCUT2D eigenvalue weighted by Crippen LogP contribution is -2.05. The van der Waals surface area contributed by atoms with Crippen LogP contribution in [0, 0.1) is 11.3 Å². The topological polar surface area (TPSA) is 64.4 Å². The molecular weight excluding hydrogens is 340 g/mol. The fourth-order valence-corrected chi connectivity index (χ4v) is 3.10. The van der Waals surface area contributed by atoms with Crippen molar-refractivity contribution in [2.45, 2.75) is 6.42 Å². The number of nitrogens with zero attached hydrogens (tertiary/aromatic N) is 2. The third-order valence-corrected chi connectivity index (χ3v) is 4.45. The maximum absolute atomic E-state index is 9.49. The van der Waals surface area contributed by atoms with Gasteiger partial charge in [-0.2, -0.15) is 5.26 Å². The molecular formula is C22H18N2O3. The largest absolute Gasteiger partial charge is 0.490 e. The third kappa shape index (κ3) is 3.48. The molecule has 0 amide bonds. The number of nitriles is 1. The summed E-state index contributed by atoms with van der Waals surface area (Å²) in [6, 6.07) is 13.6. The fraction of sp³-hybridized carbons (Fsp3) is 0.182. The van der Waals surface area contributed by atoms with E-state index in [1.54, 1.807) is 31.5 Å². The van der Waals surface area contributed by atoms with Gasteiger partial charge in [0.25, 0.3) is 0 Å². The standard InChI is InChI=1S/C22H18N2O3/c1-25-9-10-26-22-13-20-19(12-17(22)14-23)21(7-8-24-20)27-18-6-5-15-3-2-4-16(15)11-18/h2,4-8,11-13H,3,9-10H2,1H3. The first-order chi connectivity index (χ1) is 13.3. The van der Waals surface area contributed by atoms with Gasteiger partial charge in [-0.15, -0.1) is 0 Å². The Labute approximate surface area is 157 Å². The molecule has 0 aliphatic heterocycles. The first-order valence-corrected chi connectivity index (χ1v) is 8.70. The Kier molecular flexibility index (Phi) is 4.73. The van der Waals surface area contributed by atoms with E-state index in [-0.39, 0.29) is 0 Å². The molecule has 1 heterocycles. The molecule has 5 nitrogen and oxygen atoms in total. The van der Waals surface area contributed by atoms with Crippen LogP contribution in [0.3, 0.4) is 0 Å². The maximum Gasteiger partial charge on any atom is 0.139 e. The van der Waals surface area contributed by atoms with Crippen molar-refractivity contribution in [1.29, 1.82) is 5.26 Å². The number of pyridine rings is 1. The van der Waals surface area contributed by atoms with Crippen LogP contribution in [0.5, 0.6) is 17.2 Å². The Morgan fingerprint density at radius 3 is 2.89 bits per heavy atom. The normalized spacial score (nSPS) is 12.0. The van der Waals surface area contributed by atoms with Crippen LogP contribution in [-0.2, 0) is 11.2 Å². The fourth-order valence-electron chi connectivity index (χ4n) is 3.10. The van der Waals surface area contributed by atoms with Gasteiger partial charge in [-0.05, 0) is 41.8 Å². The average Bonchev–Trinajstić information content (AvgIpc) is 3.16. The van der Waals surface area contributed by atoms with Gasteiger partial charge in [-0.3, -0.25) is 4.98 Å². The van der Waals surface area contributed by atoms with Crippen LogP contribution in [0.2, 0.25) is 0 Å². The minimum Gasteiger partial charge on any atom is -0.490 e. The van der Waals surface area contributed by atoms with Crippen LogP contribution >= 0.6 is 0 Å². The number of rotatable bonds is 6. The SMILES string of the molecule is COCCOc1cc2nccc(Oc3ccc4c(c3)C=CC4)c2cc1C#N. The Morgan fingerprint density at radius 1 is 1.11 bits per heavy atom. The summed E-state index contributed by atoms with van der Waals surface area (Å²) in [6.45, 7) is 0.821. The molecule has 0 saturated carbocycles. The van der Waals surface area contributed by atoms with Gasteiger partial charge >= 0.3 is 0 Å². The molecule has 1 aromatic heterocycles. The van der Waals surface area contributed by atoms with Gasteiger partial charge < -0.3 is 14.2 Å². The lowest BCUT2D eigenvalue weighted by Gasteiger charge is -2.12. The molecule has 0 atom stereocenters. The number of fused-ring (bicyclic) bond motifs is 2. The van der Waals surface area contributed by atoms with Crippen LogP contribution in [0.4, 0.5) is 0 Å². The number of aromatic nitrogens is 1. The lowest BCUT2D eigenvalue weighted by molar-refractivity contribution is 0.146. The number of hydrogen-bond acceptors (Lipinski definition) is 5. The van der Waals surface area contributed by atoms with Crippen molar-refractivity contribution in [1.82, 2.24) is 4.98 Å². The highest BCUT2D eigenvalue weighted by Crippen LogP contribution is 2.34. The van der Waals surface area contributed by atoms with E-state index in [0.717, 1.165) is 17.6 Å². The van der Waals surface area contributed by atoms with Crippen molar-refractivity contribution >= 4 is 17.0 Å². The molecule has 4 rings (SSSR count). The highest BCUT2D eigenvalue weighted by atomic mass is 16.5. The zero-order chi connectivity index (χ0) is 18.6. The number of benzene rings is 2. The summed E-state index contributed by atoms with van der Waals surface area (Å²) in [5, 5.41) is 10.3. The highest BCUT2D eigenvalue weighted by molar-refractivity contribution is 5.88. The van der Waals surface area contributed by atoms with Gasteiger partial charge in [-0.25, -0.2) is 0 Å². The molecule has 0 fully saturated rings. The molecule has 0 bridgehead atoms. The van der Waals surface area contributed by atoms with Gasteiger partial charge in [0.15, 0.2) is 0 Å². The van der Waals surface area contributed by atoms with E-state index < -0.39 is 0 Å². The second kappa shape index (κ2) is 7.48. The zero-order valence-electron chi connectivity index (χ0n) is 14.9. The smallest absolute Gasteiger partial charge is 0.139 e. The van der Waals surface area contributed by atoms with Crippen LogP contribution in [0.15, 0.2) is 48.7 Å². The molecule has 2 aromatic carbocycles. The zero-order valence-corrected chi connectivity index (χ0v) is 14.9. The molecule has 0 unspecified atom stereocenters. The molecule has 1 aliphatic rings. The first-order valence-electron chi connectivity index (χ1n) is 8.70. The molecule has 134 valence electrons. The number of hydrogen-bond donors (Lipinski definition) is 0. The van der Waals surface area contributed by atoms with E-state index in [2.05, 4.69) is 29.3 Å². The predicted molar refractivity (Wildman–Crippen MR) is 103 cm³/mol. The maximum atomic E-state index is 9.49. The van der Waals surface area contributed by atoms with E-state index in [0.29, 0.717) is 35.8 Å². The van der Waals surface area contributed by atoms with Gasteiger partial charge in [0, 0.05) is 24.8 Å². The van der Waals surface area contributed by atoms with Crippen molar-refractivity contribution in [3.63, 3.8) is 0 Å². The van der Waals surface area contributed by atoms with Crippen LogP contribution in [0.1, 0.15) is 16.7 Å². The second-order valence-corrected chi connectivity index (χ2v) is 6.20. The van der Waals surface area contributed by atoms with Crippen LogP contribution in [-0.4, -0.2) is 25.3 Å². The Bertz CT molecular complexity index is 1070. The Balaban J connectivity index is 1.69. The molecule has 1 aliphatic carbocycles. The van der Waals surface area contributed by atoms with E-state index in [1.807, 2.05) is 12.1 Å². The Hall–Kier alpha value is -3.36. The molecule has 0 saturated heterocycles. The second-order valence-electron chi connectivity index (χ2n) is 6.20. The highest BCUT2D eigenvalue weighted by Gasteiger charge is 2.12. The third-order valence-electron chi connectivity index (χ3n) is 4.45. The summed E-state index contributed by atoms with van der Waals surface area (Å²) in [7, 11) is 1.61. The number of allylic oxidation sites excluding steroid dienone is 1. The van der Waals surface area contributed by atoms with Crippen molar-refractivity contribution in [2.24, 2.45) is 0 Å². The first kappa shape index (κ1) is 17.1. The summed E-state index contributed by atoms with van der Waals surface area (Å²) in [4.78, 5) is 4.39. The lowest BCUT2D eigenvalue weighted by atomic mass is 10.1. The number of methoxy groups -OCH3 is 1. The minimum absolute atomic E-state index is 0.371. The van der Waals surface area contributed by atoms with E-state index in [4.69, 9.17) is 14.2 Å². The quantitative estimate of drug-likeness (QED) is 0.607.